The van der Waals surface area contributed by atoms with Crippen LogP contribution in [0.1, 0.15) is 11.5 Å². The normalized spacial score (nSPS) is 10.3. The summed E-state index contributed by atoms with van der Waals surface area (Å²) in [6, 6.07) is 9.23. The second-order valence-electron chi connectivity index (χ2n) is 4.80. The minimum Gasteiger partial charge on any atom is -0.484 e. The number of nitrogens with zero attached hydrogens (tertiary/aromatic N) is 2. The first kappa shape index (κ1) is 15.6. The zero-order valence-electron chi connectivity index (χ0n) is 12.3. The Balaban J connectivity index is 1.85. The van der Waals surface area contributed by atoms with Crippen molar-refractivity contribution in [2.45, 2.75) is 13.5 Å². The van der Waals surface area contributed by atoms with Crippen molar-refractivity contribution in [3.8, 4) is 5.75 Å². The van der Waals surface area contributed by atoms with E-state index >= 15 is 0 Å². The number of hydrogen-bond acceptors (Lipinski definition) is 5. The fourth-order valence-corrected chi connectivity index (χ4v) is 1.81. The third-order valence-corrected chi connectivity index (χ3v) is 3.02. The molecular weight excluding hydrogens is 288 g/mol. The number of furan rings is 1. The minimum absolute atomic E-state index is 0.0241. The predicted molar refractivity (Wildman–Crippen MR) is 78.5 cm³/mol. The minimum atomic E-state index is -0.492. The van der Waals surface area contributed by atoms with Gasteiger partial charge in [-0.3, -0.25) is 14.9 Å². The first-order valence-electron chi connectivity index (χ1n) is 6.62. The Bertz CT molecular complexity index is 663. The molecule has 0 aliphatic heterocycles. The van der Waals surface area contributed by atoms with Crippen LogP contribution in [0.2, 0.25) is 0 Å². The summed E-state index contributed by atoms with van der Waals surface area (Å²) in [5, 5.41) is 10.5. The highest BCUT2D eigenvalue weighted by atomic mass is 16.6. The Morgan fingerprint density at radius 1 is 1.27 bits per heavy atom. The average molecular weight is 304 g/mol. The number of benzene rings is 1. The number of non-ortho nitro benzene ring substituents is 1. The Kier molecular flexibility index (Phi) is 4.77. The van der Waals surface area contributed by atoms with Crippen molar-refractivity contribution in [3.63, 3.8) is 0 Å². The summed E-state index contributed by atoms with van der Waals surface area (Å²) in [6.45, 7) is 2.05. The first-order chi connectivity index (χ1) is 10.5. The fraction of sp³-hybridized carbons (Fsp3) is 0.267. The summed E-state index contributed by atoms with van der Waals surface area (Å²) in [7, 11) is 1.65. The van der Waals surface area contributed by atoms with Crippen LogP contribution < -0.4 is 4.74 Å². The van der Waals surface area contributed by atoms with Crippen LogP contribution in [-0.2, 0) is 11.3 Å². The molecule has 0 bridgehead atoms. The molecule has 0 atom stereocenters. The quantitative estimate of drug-likeness (QED) is 0.604. The summed E-state index contributed by atoms with van der Waals surface area (Å²) in [6.07, 6.45) is 0. The van der Waals surface area contributed by atoms with Crippen LogP contribution in [0.3, 0.4) is 0 Å². The van der Waals surface area contributed by atoms with Crippen LogP contribution in [0.25, 0.3) is 0 Å². The molecule has 0 aliphatic rings. The highest BCUT2D eigenvalue weighted by Gasteiger charge is 2.12. The topological polar surface area (TPSA) is 85.8 Å². The molecule has 0 aliphatic carbocycles. The van der Waals surface area contributed by atoms with Crippen LogP contribution in [0.15, 0.2) is 40.8 Å². The van der Waals surface area contributed by atoms with Gasteiger partial charge in [-0.1, -0.05) is 0 Å². The number of nitro benzene ring substituents is 1. The van der Waals surface area contributed by atoms with Crippen LogP contribution >= 0.6 is 0 Å². The van der Waals surface area contributed by atoms with Crippen molar-refractivity contribution in [3.05, 3.63) is 58.0 Å². The van der Waals surface area contributed by atoms with Crippen molar-refractivity contribution in [2.75, 3.05) is 13.7 Å². The molecule has 1 aromatic heterocycles. The number of likely N-dealkylation sites (N-methyl/N-ethyl adjacent to an activating group) is 1. The van der Waals surface area contributed by atoms with Crippen LogP contribution in [0.4, 0.5) is 5.69 Å². The highest BCUT2D eigenvalue weighted by molar-refractivity contribution is 5.77. The van der Waals surface area contributed by atoms with Gasteiger partial charge in [0.1, 0.15) is 17.3 Å². The summed E-state index contributed by atoms with van der Waals surface area (Å²) in [4.78, 5) is 23.5. The molecule has 0 fully saturated rings. The maximum absolute atomic E-state index is 12.0. The number of amides is 1. The molecule has 0 radical (unpaired) electrons. The Morgan fingerprint density at radius 2 is 1.95 bits per heavy atom. The SMILES string of the molecule is Cc1ccc(CN(C)C(=O)COc2ccc([N+](=O)[O-])cc2)o1. The Morgan fingerprint density at radius 3 is 2.50 bits per heavy atom. The molecule has 0 saturated carbocycles. The van der Waals surface area contributed by atoms with Crippen LogP contribution in [-0.4, -0.2) is 29.4 Å². The van der Waals surface area contributed by atoms with Crippen LogP contribution in [0.5, 0.6) is 5.75 Å². The monoisotopic (exact) mass is 304 g/mol. The van der Waals surface area contributed by atoms with Gasteiger partial charge in [0.15, 0.2) is 6.61 Å². The highest BCUT2D eigenvalue weighted by Crippen LogP contribution is 2.17. The van der Waals surface area contributed by atoms with Gasteiger partial charge >= 0.3 is 0 Å². The molecule has 7 nitrogen and oxygen atoms in total. The lowest BCUT2D eigenvalue weighted by Gasteiger charge is -2.16. The van der Waals surface area contributed by atoms with E-state index in [9.17, 15) is 14.9 Å². The molecule has 0 saturated heterocycles. The van der Waals surface area contributed by atoms with Crippen LogP contribution in [0, 0.1) is 17.0 Å². The van der Waals surface area contributed by atoms with Crippen molar-refractivity contribution in [1.82, 2.24) is 4.90 Å². The van der Waals surface area contributed by atoms with Gasteiger partial charge in [-0.15, -0.1) is 0 Å². The Hall–Kier alpha value is -2.83. The maximum atomic E-state index is 12.0. The smallest absolute Gasteiger partial charge is 0.269 e. The van der Waals surface area contributed by atoms with Gasteiger partial charge in [-0.2, -0.15) is 0 Å². The molecule has 1 aromatic carbocycles. The molecule has 1 heterocycles. The van der Waals surface area contributed by atoms with Gasteiger partial charge in [0.05, 0.1) is 11.5 Å². The number of aryl methyl sites for hydroxylation is 1. The molecule has 1 amide bonds. The van der Waals surface area contributed by atoms with E-state index in [1.54, 1.807) is 7.05 Å². The van der Waals surface area contributed by atoms with Gasteiger partial charge in [-0.25, -0.2) is 0 Å². The van der Waals surface area contributed by atoms with Crippen molar-refractivity contribution in [1.29, 1.82) is 0 Å². The van der Waals surface area contributed by atoms with Gasteiger partial charge in [0, 0.05) is 19.2 Å². The maximum Gasteiger partial charge on any atom is 0.269 e. The molecule has 22 heavy (non-hydrogen) atoms. The van der Waals surface area contributed by atoms with E-state index in [0.29, 0.717) is 18.1 Å². The van der Waals surface area contributed by atoms with E-state index < -0.39 is 4.92 Å². The largest absolute Gasteiger partial charge is 0.484 e. The Labute approximate surface area is 127 Å². The summed E-state index contributed by atoms with van der Waals surface area (Å²) in [5.74, 6) is 1.68. The molecule has 0 N–H and O–H groups in total. The third-order valence-electron chi connectivity index (χ3n) is 3.02. The zero-order valence-corrected chi connectivity index (χ0v) is 12.3. The van der Waals surface area contributed by atoms with Crippen molar-refractivity contribution >= 4 is 11.6 Å². The summed E-state index contributed by atoms with van der Waals surface area (Å²) in [5.41, 5.74) is -0.0241. The van der Waals surface area contributed by atoms with Crippen molar-refractivity contribution < 1.29 is 18.9 Å². The number of carbonyl (C=O) groups excluding carboxylic acids is 1. The molecular formula is C15H16N2O5. The second-order valence-corrected chi connectivity index (χ2v) is 4.80. The number of hydrogen-bond donors (Lipinski definition) is 0. The lowest BCUT2D eigenvalue weighted by atomic mass is 10.3. The summed E-state index contributed by atoms with van der Waals surface area (Å²) < 4.78 is 10.7. The lowest BCUT2D eigenvalue weighted by Crippen LogP contribution is -2.30. The van der Waals surface area contributed by atoms with E-state index in [2.05, 4.69) is 0 Å². The number of rotatable bonds is 6. The number of ether oxygens (including phenoxy) is 1. The van der Waals surface area contributed by atoms with Gasteiger partial charge in [0.25, 0.3) is 11.6 Å². The number of nitro groups is 1. The molecule has 2 aromatic rings. The van der Waals surface area contributed by atoms with E-state index in [4.69, 9.17) is 9.15 Å². The summed E-state index contributed by atoms with van der Waals surface area (Å²) >= 11 is 0. The van der Waals surface area contributed by atoms with Gasteiger partial charge in [0.2, 0.25) is 0 Å². The van der Waals surface area contributed by atoms with E-state index in [-0.39, 0.29) is 18.2 Å². The van der Waals surface area contributed by atoms with E-state index in [0.717, 1.165) is 5.76 Å². The molecule has 0 unspecified atom stereocenters. The lowest BCUT2D eigenvalue weighted by molar-refractivity contribution is -0.384. The number of carbonyl (C=O) groups is 1. The van der Waals surface area contributed by atoms with E-state index in [1.165, 1.54) is 29.2 Å². The molecule has 0 spiro atoms. The zero-order chi connectivity index (χ0) is 16.1. The molecule has 116 valence electrons. The fourth-order valence-electron chi connectivity index (χ4n) is 1.81. The second kappa shape index (κ2) is 6.75. The van der Waals surface area contributed by atoms with E-state index in [1.807, 2.05) is 19.1 Å². The average Bonchev–Trinajstić information content (AvgIpc) is 2.90. The van der Waals surface area contributed by atoms with Crippen molar-refractivity contribution in [2.24, 2.45) is 0 Å². The third kappa shape index (κ3) is 4.08. The first-order valence-corrected chi connectivity index (χ1v) is 6.62. The standard InChI is InChI=1S/C15H16N2O5/c1-11-3-6-14(22-11)9-16(2)15(18)10-21-13-7-4-12(5-8-13)17(19)20/h3-8H,9-10H2,1-2H3. The molecule has 2 rings (SSSR count). The predicted octanol–water partition coefficient (Wildman–Crippen LogP) is 2.53. The van der Waals surface area contributed by atoms with Gasteiger partial charge < -0.3 is 14.1 Å². The van der Waals surface area contributed by atoms with Gasteiger partial charge in [-0.05, 0) is 31.2 Å². The molecule has 7 heteroatoms.